The van der Waals surface area contributed by atoms with Crippen molar-refractivity contribution in [1.29, 1.82) is 0 Å². The summed E-state index contributed by atoms with van der Waals surface area (Å²) in [5.74, 6) is -0.565. The van der Waals surface area contributed by atoms with Gasteiger partial charge >= 0.3 is 0 Å². The first kappa shape index (κ1) is 16.9. The summed E-state index contributed by atoms with van der Waals surface area (Å²) in [6.07, 6.45) is 0. The van der Waals surface area contributed by atoms with Crippen LogP contribution >= 0.6 is 12.2 Å². The third-order valence-corrected chi connectivity index (χ3v) is 4.06. The van der Waals surface area contributed by atoms with E-state index >= 15 is 0 Å². The van der Waals surface area contributed by atoms with Gasteiger partial charge in [0.2, 0.25) is 0 Å². The molecule has 128 valence electrons. The first-order chi connectivity index (χ1) is 11.9. The highest BCUT2D eigenvalue weighted by Crippen LogP contribution is 2.28. The van der Waals surface area contributed by atoms with Gasteiger partial charge in [-0.1, -0.05) is 12.1 Å². The molecule has 0 bridgehead atoms. The topological polar surface area (TPSA) is 73.4 Å². The molecular formula is C18H16FN3O2S. The first-order valence-corrected chi connectivity index (χ1v) is 7.99. The Hall–Kier alpha value is -2.93. The molecule has 1 heterocycles. The number of amides is 1. The Bertz CT molecular complexity index is 848. The molecule has 0 unspecified atom stereocenters. The number of hydrogen-bond acceptors (Lipinski definition) is 3. The number of allylic oxidation sites excluding steroid dienone is 1. The van der Waals surface area contributed by atoms with Gasteiger partial charge in [0.05, 0.1) is 11.6 Å². The Morgan fingerprint density at radius 2 is 1.80 bits per heavy atom. The maximum absolute atomic E-state index is 13.0. The van der Waals surface area contributed by atoms with Gasteiger partial charge in [-0.05, 0) is 61.1 Å². The van der Waals surface area contributed by atoms with E-state index in [1.807, 2.05) is 0 Å². The number of rotatable bonds is 3. The predicted molar refractivity (Wildman–Crippen MR) is 97.4 cm³/mol. The van der Waals surface area contributed by atoms with Crippen molar-refractivity contribution in [2.24, 2.45) is 0 Å². The van der Waals surface area contributed by atoms with Crippen LogP contribution in [0.3, 0.4) is 0 Å². The number of hydrogen-bond donors (Lipinski definition) is 4. The molecule has 0 fully saturated rings. The number of phenolic OH excluding ortho intramolecular Hbond substituents is 1. The van der Waals surface area contributed by atoms with E-state index in [-0.39, 0.29) is 17.5 Å². The molecule has 4 N–H and O–H groups in total. The molecule has 1 aliphatic heterocycles. The molecule has 1 atom stereocenters. The Balaban J connectivity index is 1.92. The van der Waals surface area contributed by atoms with Crippen LogP contribution in [0.2, 0.25) is 0 Å². The monoisotopic (exact) mass is 357 g/mol. The molecule has 1 amide bonds. The Kier molecular flexibility index (Phi) is 4.67. The highest BCUT2D eigenvalue weighted by molar-refractivity contribution is 7.80. The van der Waals surface area contributed by atoms with Gasteiger partial charge in [-0.15, -0.1) is 0 Å². The van der Waals surface area contributed by atoms with Gasteiger partial charge < -0.3 is 21.1 Å². The number of carbonyl (C=O) groups is 1. The lowest BCUT2D eigenvalue weighted by Gasteiger charge is -2.30. The van der Waals surface area contributed by atoms with Crippen molar-refractivity contribution in [3.05, 3.63) is 71.2 Å². The normalized spacial score (nSPS) is 16.9. The van der Waals surface area contributed by atoms with Gasteiger partial charge in [0.25, 0.3) is 5.91 Å². The van der Waals surface area contributed by atoms with Gasteiger partial charge in [-0.3, -0.25) is 4.79 Å². The van der Waals surface area contributed by atoms with Crippen molar-refractivity contribution in [3.63, 3.8) is 0 Å². The van der Waals surface area contributed by atoms with Crippen molar-refractivity contribution < 1.29 is 14.3 Å². The summed E-state index contributed by atoms with van der Waals surface area (Å²) in [5, 5.41) is 18.7. The van der Waals surface area contributed by atoms with Gasteiger partial charge in [-0.25, -0.2) is 4.39 Å². The van der Waals surface area contributed by atoms with E-state index < -0.39 is 6.04 Å². The van der Waals surface area contributed by atoms with Crippen LogP contribution in [0.4, 0.5) is 10.1 Å². The lowest BCUT2D eigenvalue weighted by molar-refractivity contribution is -0.113. The lowest BCUT2D eigenvalue weighted by Crippen LogP contribution is -2.45. The van der Waals surface area contributed by atoms with Crippen molar-refractivity contribution >= 4 is 28.9 Å². The second-order valence-corrected chi connectivity index (χ2v) is 6.03. The van der Waals surface area contributed by atoms with Crippen LogP contribution in [0.25, 0.3) is 0 Å². The Labute approximate surface area is 149 Å². The van der Waals surface area contributed by atoms with Crippen LogP contribution < -0.4 is 16.0 Å². The third kappa shape index (κ3) is 3.77. The van der Waals surface area contributed by atoms with E-state index in [1.165, 1.54) is 24.3 Å². The SMILES string of the molecule is CC1=C(C(=O)Nc2ccc(F)cc2)[C@@H](c2ccc(O)cc2)NC(=S)N1. The van der Waals surface area contributed by atoms with Gasteiger partial charge in [-0.2, -0.15) is 0 Å². The molecule has 0 aliphatic carbocycles. The summed E-state index contributed by atoms with van der Waals surface area (Å²) in [6, 6.07) is 11.6. The molecule has 7 heteroatoms. The summed E-state index contributed by atoms with van der Waals surface area (Å²) in [7, 11) is 0. The molecule has 2 aromatic carbocycles. The minimum atomic E-state index is -0.463. The number of thiocarbonyl (C=S) groups is 1. The standard InChI is InChI=1S/C18H16FN3O2S/c1-10-15(17(24)21-13-6-4-12(19)5-7-13)16(22-18(25)20-10)11-2-8-14(23)9-3-11/h2-9,16,23H,1H3,(H,21,24)(H2,20,22,25)/t16-/m1/s1. The quantitative estimate of drug-likeness (QED) is 0.636. The largest absolute Gasteiger partial charge is 0.508 e. The van der Waals surface area contributed by atoms with Gasteiger partial charge in [0.1, 0.15) is 11.6 Å². The van der Waals surface area contributed by atoms with Crippen molar-refractivity contribution in [2.75, 3.05) is 5.32 Å². The highest BCUT2D eigenvalue weighted by Gasteiger charge is 2.29. The maximum atomic E-state index is 13.0. The average molecular weight is 357 g/mol. The molecular weight excluding hydrogens is 341 g/mol. The minimum absolute atomic E-state index is 0.137. The number of phenols is 1. The molecule has 0 radical (unpaired) electrons. The number of nitrogens with one attached hydrogen (secondary N) is 3. The van der Waals surface area contributed by atoms with E-state index in [9.17, 15) is 14.3 Å². The zero-order chi connectivity index (χ0) is 18.0. The van der Waals surface area contributed by atoms with Crippen LogP contribution in [0.1, 0.15) is 18.5 Å². The Morgan fingerprint density at radius 1 is 1.16 bits per heavy atom. The van der Waals surface area contributed by atoms with Crippen LogP contribution in [-0.4, -0.2) is 16.1 Å². The zero-order valence-electron chi connectivity index (χ0n) is 13.3. The van der Waals surface area contributed by atoms with Gasteiger partial charge in [0.15, 0.2) is 5.11 Å². The highest BCUT2D eigenvalue weighted by atomic mass is 32.1. The molecule has 0 saturated heterocycles. The fraction of sp³-hybridized carbons (Fsp3) is 0.111. The summed E-state index contributed by atoms with van der Waals surface area (Å²) < 4.78 is 13.0. The molecule has 0 aromatic heterocycles. The average Bonchev–Trinajstić information content (AvgIpc) is 2.57. The maximum Gasteiger partial charge on any atom is 0.255 e. The van der Waals surface area contributed by atoms with E-state index in [0.717, 1.165) is 5.56 Å². The zero-order valence-corrected chi connectivity index (χ0v) is 14.2. The van der Waals surface area contributed by atoms with E-state index in [0.29, 0.717) is 22.1 Å². The second kappa shape index (κ2) is 6.90. The molecule has 1 aliphatic rings. The molecule has 5 nitrogen and oxygen atoms in total. The van der Waals surface area contributed by atoms with E-state index in [4.69, 9.17) is 12.2 Å². The number of carbonyl (C=O) groups excluding carboxylic acids is 1. The summed E-state index contributed by atoms with van der Waals surface area (Å²) in [4.78, 5) is 12.8. The van der Waals surface area contributed by atoms with E-state index in [1.54, 1.807) is 31.2 Å². The fourth-order valence-electron chi connectivity index (χ4n) is 2.64. The summed E-state index contributed by atoms with van der Waals surface area (Å²) >= 11 is 5.19. The summed E-state index contributed by atoms with van der Waals surface area (Å²) in [6.45, 7) is 1.76. The molecule has 25 heavy (non-hydrogen) atoms. The Morgan fingerprint density at radius 3 is 2.44 bits per heavy atom. The number of benzene rings is 2. The van der Waals surface area contributed by atoms with Crippen molar-refractivity contribution in [1.82, 2.24) is 10.6 Å². The number of aromatic hydroxyl groups is 1. The first-order valence-electron chi connectivity index (χ1n) is 7.58. The van der Waals surface area contributed by atoms with Crippen LogP contribution in [0.15, 0.2) is 59.8 Å². The molecule has 0 spiro atoms. The lowest BCUT2D eigenvalue weighted by atomic mass is 9.95. The van der Waals surface area contributed by atoms with Crippen LogP contribution in [-0.2, 0) is 4.79 Å². The minimum Gasteiger partial charge on any atom is -0.508 e. The predicted octanol–water partition coefficient (Wildman–Crippen LogP) is 2.96. The van der Waals surface area contributed by atoms with Gasteiger partial charge in [0, 0.05) is 11.4 Å². The third-order valence-electron chi connectivity index (χ3n) is 3.84. The molecule has 2 aromatic rings. The second-order valence-electron chi connectivity index (χ2n) is 5.62. The molecule has 0 saturated carbocycles. The fourth-order valence-corrected chi connectivity index (χ4v) is 2.91. The smallest absolute Gasteiger partial charge is 0.255 e. The van der Waals surface area contributed by atoms with E-state index in [2.05, 4.69) is 16.0 Å². The van der Waals surface area contributed by atoms with Crippen LogP contribution in [0, 0.1) is 5.82 Å². The van der Waals surface area contributed by atoms with Crippen molar-refractivity contribution in [2.45, 2.75) is 13.0 Å². The number of anilines is 1. The molecule has 3 rings (SSSR count). The van der Waals surface area contributed by atoms with Crippen molar-refractivity contribution in [3.8, 4) is 5.75 Å². The number of halogens is 1. The summed E-state index contributed by atoms with van der Waals surface area (Å²) in [5.41, 5.74) is 2.36. The van der Waals surface area contributed by atoms with Crippen LogP contribution in [0.5, 0.6) is 5.75 Å².